The lowest BCUT2D eigenvalue weighted by Crippen LogP contribution is -2.39. The summed E-state index contributed by atoms with van der Waals surface area (Å²) in [6, 6.07) is 1.28. The minimum absolute atomic E-state index is 0.154. The highest BCUT2D eigenvalue weighted by Crippen LogP contribution is 2.33. The molecule has 0 radical (unpaired) electrons. The van der Waals surface area contributed by atoms with Gasteiger partial charge in [-0.1, -0.05) is 6.92 Å². The molecule has 1 aliphatic rings. The third kappa shape index (κ3) is 2.49. The van der Waals surface area contributed by atoms with Gasteiger partial charge in [-0.2, -0.15) is 0 Å². The quantitative estimate of drug-likeness (QED) is 0.824. The molecule has 1 aromatic heterocycles. The molecule has 1 fully saturated rings. The number of nitrogens with zero attached hydrogens (tertiary/aromatic N) is 1. The molecule has 0 saturated carbocycles. The first-order chi connectivity index (χ1) is 9.12. The van der Waals surface area contributed by atoms with E-state index >= 15 is 0 Å². The second-order valence-corrected chi connectivity index (χ2v) is 4.39. The molecule has 106 valence electrons. The number of aromatic nitrogens is 2. The SMILES string of the molecule is CC[C@H]1O[C@@H](n2ccc(=O)[nH]c2=O)[C@@H](OC)C1OC. The van der Waals surface area contributed by atoms with E-state index in [1.54, 1.807) is 14.2 Å². The summed E-state index contributed by atoms with van der Waals surface area (Å²) in [7, 11) is 3.13. The Morgan fingerprint density at radius 3 is 2.53 bits per heavy atom. The molecular formula is C12H18N2O5. The second kappa shape index (κ2) is 5.68. The molecule has 2 rings (SSSR count). The van der Waals surface area contributed by atoms with Gasteiger partial charge in [-0.15, -0.1) is 0 Å². The maximum atomic E-state index is 11.8. The van der Waals surface area contributed by atoms with Gasteiger partial charge in [-0.25, -0.2) is 4.79 Å². The number of methoxy groups -OCH3 is 2. The Balaban J connectivity index is 2.38. The Hall–Kier alpha value is -1.44. The van der Waals surface area contributed by atoms with Crippen LogP contribution in [0.5, 0.6) is 0 Å². The highest BCUT2D eigenvalue weighted by Gasteiger charge is 2.45. The lowest BCUT2D eigenvalue weighted by Gasteiger charge is -2.21. The van der Waals surface area contributed by atoms with Crippen LogP contribution in [0.25, 0.3) is 0 Å². The van der Waals surface area contributed by atoms with Crippen LogP contribution in [-0.4, -0.2) is 42.1 Å². The minimum Gasteiger partial charge on any atom is -0.376 e. The summed E-state index contributed by atoms with van der Waals surface area (Å²) in [5.41, 5.74) is -0.963. The summed E-state index contributed by atoms with van der Waals surface area (Å²) in [6.07, 6.45) is 0.732. The molecule has 2 heterocycles. The van der Waals surface area contributed by atoms with Gasteiger partial charge in [0.15, 0.2) is 6.23 Å². The topological polar surface area (TPSA) is 82.6 Å². The van der Waals surface area contributed by atoms with Crippen molar-refractivity contribution in [2.24, 2.45) is 0 Å². The van der Waals surface area contributed by atoms with E-state index in [4.69, 9.17) is 14.2 Å². The van der Waals surface area contributed by atoms with Crippen LogP contribution in [0, 0.1) is 0 Å². The molecule has 0 aliphatic carbocycles. The monoisotopic (exact) mass is 270 g/mol. The molecule has 1 saturated heterocycles. The normalized spacial score (nSPS) is 30.7. The van der Waals surface area contributed by atoms with E-state index in [2.05, 4.69) is 4.98 Å². The smallest absolute Gasteiger partial charge is 0.330 e. The van der Waals surface area contributed by atoms with Gasteiger partial charge >= 0.3 is 5.69 Å². The van der Waals surface area contributed by atoms with E-state index in [0.29, 0.717) is 0 Å². The van der Waals surface area contributed by atoms with Gasteiger partial charge in [-0.05, 0) is 6.42 Å². The molecule has 0 spiro atoms. The zero-order valence-electron chi connectivity index (χ0n) is 11.2. The average molecular weight is 270 g/mol. The van der Waals surface area contributed by atoms with Crippen LogP contribution in [0.4, 0.5) is 0 Å². The molecule has 1 aliphatic heterocycles. The second-order valence-electron chi connectivity index (χ2n) is 4.39. The Morgan fingerprint density at radius 1 is 1.32 bits per heavy atom. The number of rotatable bonds is 4. The van der Waals surface area contributed by atoms with Gasteiger partial charge in [0.1, 0.15) is 12.2 Å². The largest absolute Gasteiger partial charge is 0.376 e. The first-order valence-electron chi connectivity index (χ1n) is 6.14. The van der Waals surface area contributed by atoms with E-state index in [1.165, 1.54) is 16.8 Å². The third-order valence-corrected chi connectivity index (χ3v) is 3.36. The van der Waals surface area contributed by atoms with Gasteiger partial charge in [0.05, 0.1) is 6.10 Å². The van der Waals surface area contributed by atoms with E-state index in [1.807, 2.05) is 6.92 Å². The van der Waals surface area contributed by atoms with Crippen molar-refractivity contribution >= 4 is 0 Å². The molecule has 1 N–H and O–H groups in total. The molecule has 1 aromatic rings. The molecule has 19 heavy (non-hydrogen) atoms. The summed E-state index contributed by atoms with van der Waals surface area (Å²) in [4.78, 5) is 25.1. The molecule has 0 amide bonds. The minimum atomic E-state index is -0.607. The number of hydrogen-bond acceptors (Lipinski definition) is 5. The number of ether oxygens (including phenoxy) is 3. The van der Waals surface area contributed by atoms with Crippen LogP contribution in [0.2, 0.25) is 0 Å². The molecule has 1 unspecified atom stereocenters. The Labute approximate surface area is 110 Å². The number of hydrogen-bond donors (Lipinski definition) is 1. The van der Waals surface area contributed by atoms with E-state index in [-0.39, 0.29) is 12.2 Å². The maximum absolute atomic E-state index is 11.8. The molecular weight excluding hydrogens is 252 g/mol. The Kier molecular flexibility index (Phi) is 4.18. The van der Waals surface area contributed by atoms with Crippen LogP contribution in [0.1, 0.15) is 19.6 Å². The highest BCUT2D eigenvalue weighted by molar-refractivity contribution is 4.94. The summed E-state index contributed by atoms with van der Waals surface area (Å²) < 4.78 is 17.9. The predicted molar refractivity (Wildman–Crippen MR) is 67.1 cm³/mol. The van der Waals surface area contributed by atoms with Gasteiger partial charge in [0, 0.05) is 26.5 Å². The molecule has 0 bridgehead atoms. The fourth-order valence-electron chi connectivity index (χ4n) is 2.42. The van der Waals surface area contributed by atoms with Crippen molar-refractivity contribution in [3.8, 4) is 0 Å². The standard InChI is InChI=1S/C12H18N2O5/c1-4-7-9(17-2)10(18-3)11(19-7)14-6-5-8(15)13-12(14)16/h5-7,9-11H,4H2,1-3H3,(H,13,15,16)/t7-,9?,10+,11-/m1/s1. The fourth-order valence-corrected chi connectivity index (χ4v) is 2.42. The average Bonchev–Trinajstić information content (AvgIpc) is 2.76. The van der Waals surface area contributed by atoms with Crippen molar-refractivity contribution in [2.45, 2.75) is 37.9 Å². The molecule has 7 heteroatoms. The van der Waals surface area contributed by atoms with Gasteiger partial charge in [0.2, 0.25) is 0 Å². The highest BCUT2D eigenvalue weighted by atomic mass is 16.6. The molecule has 4 atom stereocenters. The van der Waals surface area contributed by atoms with Crippen molar-refractivity contribution in [3.63, 3.8) is 0 Å². The van der Waals surface area contributed by atoms with Crippen molar-refractivity contribution in [1.82, 2.24) is 9.55 Å². The van der Waals surface area contributed by atoms with Crippen LogP contribution >= 0.6 is 0 Å². The zero-order valence-corrected chi connectivity index (χ0v) is 11.2. The van der Waals surface area contributed by atoms with E-state index < -0.39 is 23.6 Å². The van der Waals surface area contributed by atoms with Crippen LogP contribution in [-0.2, 0) is 14.2 Å². The summed E-state index contributed by atoms with van der Waals surface area (Å²) >= 11 is 0. The van der Waals surface area contributed by atoms with Crippen molar-refractivity contribution in [1.29, 1.82) is 0 Å². The summed E-state index contributed by atoms with van der Waals surface area (Å²) in [5, 5.41) is 0. The predicted octanol–water partition coefficient (Wildman–Crippen LogP) is -0.126. The van der Waals surface area contributed by atoms with Crippen LogP contribution < -0.4 is 11.2 Å². The zero-order chi connectivity index (χ0) is 14.0. The Bertz CT molecular complexity index is 537. The third-order valence-electron chi connectivity index (χ3n) is 3.36. The lowest BCUT2D eigenvalue weighted by atomic mass is 10.1. The van der Waals surface area contributed by atoms with E-state index in [9.17, 15) is 9.59 Å². The van der Waals surface area contributed by atoms with Crippen molar-refractivity contribution in [2.75, 3.05) is 14.2 Å². The van der Waals surface area contributed by atoms with Gasteiger partial charge < -0.3 is 14.2 Å². The maximum Gasteiger partial charge on any atom is 0.330 e. The fraction of sp³-hybridized carbons (Fsp3) is 0.667. The van der Waals surface area contributed by atoms with Crippen molar-refractivity contribution in [3.05, 3.63) is 33.1 Å². The lowest BCUT2D eigenvalue weighted by molar-refractivity contribution is -0.0559. The molecule has 7 nitrogen and oxygen atoms in total. The van der Waals surface area contributed by atoms with Crippen LogP contribution in [0.3, 0.4) is 0 Å². The summed E-state index contributed by atoms with van der Waals surface area (Å²) in [5.74, 6) is 0. The number of aromatic amines is 1. The van der Waals surface area contributed by atoms with Crippen molar-refractivity contribution < 1.29 is 14.2 Å². The Morgan fingerprint density at radius 2 is 2.00 bits per heavy atom. The first-order valence-corrected chi connectivity index (χ1v) is 6.14. The van der Waals surface area contributed by atoms with Gasteiger partial charge in [-0.3, -0.25) is 14.3 Å². The van der Waals surface area contributed by atoms with Crippen LogP contribution in [0.15, 0.2) is 21.9 Å². The number of nitrogens with one attached hydrogen (secondary N) is 1. The van der Waals surface area contributed by atoms with E-state index in [0.717, 1.165) is 6.42 Å². The van der Waals surface area contributed by atoms with Gasteiger partial charge in [0.25, 0.3) is 5.56 Å². The first kappa shape index (κ1) is 14.0. The number of H-pyrrole nitrogens is 1. The molecule has 0 aromatic carbocycles. The summed E-state index contributed by atoms with van der Waals surface area (Å²) in [6.45, 7) is 1.97.